The lowest BCUT2D eigenvalue weighted by Gasteiger charge is -2.08. The first-order valence-corrected chi connectivity index (χ1v) is 13.6. The first kappa shape index (κ1) is 25.4. The number of carbonyl (C=O) groups is 2. The average molecular weight is 575 g/mol. The number of H-pyrrole nitrogens is 2. The maximum atomic E-state index is 16.2. The zero-order valence-electron chi connectivity index (χ0n) is 21.8. The maximum absolute atomic E-state index is 16.2. The van der Waals surface area contributed by atoms with Gasteiger partial charge in [0.2, 0.25) is 0 Å². The van der Waals surface area contributed by atoms with Crippen molar-refractivity contribution in [2.24, 2.45) is 0 Å². The number of imidazole rings is 1. The summed E-state index contributed by atoms with van der Waals surface area (Å²) in [5, 5.41) is 10.0. The van der Waals surface area contributed by atoms with Gasteiger partial charge in [0, 0.05) is 45.7 Å². The van der Waals surface area contributed by atoms with Gasteiger partial charge in [-0.1, -0.05) is 18.2 Å². The number of fused-ring (bicyclic) bond motifs is 2. The summed E-state index contributed by atoms with van der Waals surface area (Å²) in [7, 11) is 0. The highest BCUT2D eigenvalue weighted by Crippen LogP contribution is 2.36. The van der Waals surface area contributed by atoms with Crippen molar-refractivity contribution in [3.63, 3.8) is 0 Å². The molecule has 42 heavy (non-hydrogen) atoms. The number of amides is 1. The number of Topliss-reactive ketones (excluding diaryl/α,β-unsaturated/α-hetero) is 1. The van der Waals surface area contributed by atoms with Crippen molar-refractivity contribution in [3.8, 4) is 33.1 Å². The van der Waals surface area contributed by atoms with Gasteiger partial charge in [-0.2, -0.15) is 5.10 Å². The number of carbonyl (C=O) groups excluding carboxylic acids is 2. The topological polar surface area (TPSA) is 142 Å². The van der Waals surface area contributed by atoms with Gasteiger partial charge in [0.15, 0.2) is 22.9 Å². The van der Waals surface area contributed by atoms with Crippen molar-refractivity contribution in [1.82, 2.24) is 35.1 Å². The molecule has 10 nitrogen and oxygen atoms in total. The zero-order valence-corrected chi connectivity index (χ0v) is 22.7. The second-order valence-electron chi connectivity index (χ2n) is 9.43. The Kier molecular flexibility index (Phi) is 6.09. The van der Waals surface area contributed by atoms with Gasteiger partial charge in [0.1, 0.15) is 17.0 Å². The van der Waals surface area contributed by atoms with E-state index < -0.39 is 5.82 Å². The van der Waals surface area contributed by atoms with Gasteiger partial charge in [-0.25, -0.2) is 19.3 Å². The van der Waals surface area contributed by atoms with Crippen LogP contribution in [0.5, 0.6) is 0 Å². The molecule has 0 spiro atoms. The molecule has 3 N–H and O–H groups in total. The largest absolute Gasteiger partial charge is 0.321 e. The summed E-state index contributed by atoms with van der Waals surface area (Å²) in [6.45, 7) is 1.52. The van der Waals surface area contributed by atoms with E-state index in [1.54, 1.807) is 42.6 Å². The van der Waals surface area contributed by atoms with Crippen molar-refractivity contribution >= 4 is 50.9 Å². The van der Waals surface area contributed by atoms with E-state index in [2.05, 4.69) is 35.5 Å². The number of benzene rings is 1. The quantitative estimate of drug-likeness (QED) is 0.198. The molecule has 0 bridgehead atoms. The van der Waals surface area contributed by atoms with Crippen LogP contribution in [0.15, 0.2) is 79.4 Å². The van der Waals surface area contributed by atoms with Crippen LogP contribution in [0.25, 0.3) is 55.3 Å². The average Bonchev–Trinajstić information content (AvgIpc) is 3.76. The van der Waals surface area contributed by atoms with Crippen molar-refractivity contribution in [3.05, 3.63) is 95.6 Å². The molecule has 1 amide bonds. The minimum atomic E-state index is -0.574. The number of rotatable bonds is 6. The number of anilines is 1. The monoisotopic (exact) mass is 574 g/mol. The molecular weight excluding hydrogens is 555 g/mol. The lowest BCUT2D eigenvalue weighted by molar-refractivity contribution is 0.101. The molecule has 204 valence electrons. The van der Waals surface area contributed by atoms with E-state index in [0.717, 1.165) is 10.4 Å². The van der Waals surface area contributed by atoms with Crippen molar-refractivity contribution in [2.45, 2.75) is 6.92 Å². The summed E-state index contributed by atoms with van der Waals surface area (Å²) in [5.74, 6) is -0.589. The first-order valence-electron chi connectivity index (χ1n) is 12.8. The molecule has 0 saturated heterocycles. The van der Waals surface area contributed by atoms with Crippen LogP contribution in [0, 0.1) is 5.82 Å². The lowest BCUT2D eigenvalue weighted by atomic mass is 10.1. The smallest absolute Gasteiger partial charge is 0.255 e. The number of pyridine rings is 3. The van der Waals surface area contributed by atoms with E-state index in [0.29, 0.717) is 38.7 Å². The number of nitrogens with one attached hydrogen (secondary N) is 3. The molecule has 7 aromatic rings. The minimum absolute atomic E-state index is 0.0136. The molecule has 0 aliphatic heterocycles. The van der Waals surface area contributed by atoms with Gasteiger partial charge in [-0.15, -0.1) is 11.3 Å². The van der Waals surface area contributed by atoms with E-state index in [1.807, 2.05) is 18.2 Å². The molecular formula is C30H19FN8O2S. The first-order chi connectivity index (χ1) is 20.5. The fourth-order valence-electron chi connectivity index (χ4n) is 4.67. The van der Waals surface area contributed by atoms with Crippen LogP contribution < -0.4 is 5.32 Å². The Labute approximate surface area is 240 Å². The van der Waals surface area contributed by atoms with Gasteiger partial charge in [0.25, 0.3) is 5.91 Å². The molecule has 0 saturated carbocycles. The Balaban J connectivity index is 1.27. The van der Waals surface area contributed by atoms with Crippen LogP contribution in [-0.4, -0.2) is 46.8 Å². The molecule has 12 heteroatoms. The number of thiophene rings is 1. The number of hydrogen-bond acceptors (Lipinski definition) is 8. The Morgan fingerprint density at radius 3 is 2.62 bits per heavy atom. The van der Waals surface area contributed by atoms with Crippen LogP contribution in [0.1, 0.15) is 27.0 Å². The van der Waals surface area contributed by atoms with Crippen LogP contribution in [0.4, 0.5) is 10.1 Å². The van der Waals surface area contributed by atoms with Gasteiger partial charge in [0.05, 0.1) is 22.1 Å². The normalized spacial score (nSPS) is 11.3. The molecule has 6 heterocycles. The summed E-state index contributed by atoms with van der Waals surface area (Å²) >= 11 is 1.37. The summed E-state index contributed by atoms with van der Waals surface area (Å²) in [6, 6.07) is 15.9. The van der Waals surface area contributed by atoms with Gasteiger partial charge < -0.3 is 10.3 Å². The number of aromatic amines is 2. The summed E-state index contributed by atoms with van der Waals surface area (Å²) in [6.07, 6.45) is 6.02. The van der Waals surface area contributed by atoms with Crippen LogP contribution in [-0.2, 0) is 0 Å². The second-order valence-corrected chi connectivity index (χ2v) is 10.5. The maximum Gasteiger partial charge on any atom is 0.255 e. The highest BCUT2D eigenvalue weighted by atomic mass is 32.1. The SMILES string of the molecule is CC(=O)c1ccc(-c2ccnc3[nH]c(-c4n[nH]c5ncc(-c6cncc(NC(=O)c7ccccc7)c6)c(F)c45)nc23)s1. The predicted molar refractivity (Wildman–Crippen MR) is 158 cm³/mol. The molecule has 0 radical (unpaired) electrons. The van der Waals surface area contributed by atoms with Crippen LogP contribution in [0.3, 0.4) is 0 Å². The van der Waals surface area contributed by atoms with Crippen LogP contribution >= 0.6 is 11.3 Å². The van der Waals surface area contributed by atoms with E-state index >= 15 is 4.39 Å². The molecule has 0 unspecified atom stereocenters. The Bertz CT molecular complexity index is 2150. The van der Waals surface area contributed by atoms with E-state index in [-0.39, 0.29) is 34.0 Å². The van der Waals surface area contributed by atoms with Gasteiger partial charge in [-0.05, 0) is 43.3 Å². The third-order valence-electron chi connectivity index (χ3n) is 6.70. The Morgan fingerprint density at radius 2 is 1.81 bits per heavy atom. The number of hydrogen-bond donors (Lipinski definition) is 3. The molecule has 1 aromatic carbocycles. The Hall–Kier alpha value is -5.62. The van der Waals surface area contributed by atoms with Crippen molar-refractivity contribution in [1.29, 1.82) is 0 Å². The number of halogens is 1. The summed E-state index contributed by atoms with van der Waals surface area (Å²) in [4.78, 5) is 46.8. The summed E-state index contributed by atoms with van der Waals surface area (Å²) in [5.41, 5.74) is 3.82. The molecule has 0 fully saturated rings. The molecule has 0 aliphatic rings. The van der Waals surface area contributed by atoms with E-state index in [1.165, 1.54) is 36.9 Å². The Morgan fingerprint density at radius 1 is 0.952 bits per heavy atom. The summed E-state index contributed by atoms with van der Waals surface area (Å²) < 4.78 is 16.2. The van der Waals surface area contributed by atoms with E-state index in [9.17, 15) is 9.59 Å². The fourth-order valence-corrected chi connectivity index (χ4v) is 5.60. The zero-order chi connectivity index (χ0) is 28.8. The molecule has 0 atom stereocenters. The van der Waals surface area contributed by atoms with Crippen molar-refractivity contribution < 1.29 is 14.0 Å². The van der Waals surface area contributed by atoms with Crippen molar-refractivity contribution in [2.75, 3.05) is 5.32 Å². The highest BCUT2D eigenvalue weighted by Gasteiger charge is 2.22. The minimum Gasteiger partial charge on any atom is -0.321 e. The molecule has 7 rings (SSSR count). The number of nitrogens with zero attached hydrogens (tertiary/aromatic N) is 5. The third-order valence-corrected chi connectivity index (χ3v) is 7.92. The number of ketones is 1. The standard InChI is InChI=1S/C30H19FN8O2S/c1-15(40)21-7-8-22(42-21)19-9-10-33-28-25(19)36-29(37-28)26-23-24(31)20(14-34-27(23)39-38-26)17-11-18(13-32-12-17)35-30(41)16-5-3-2-4-6-16/h2-14H,1H3,(H,35,41)(H,33,36,37)(H,34,38,39). The van der Waals surface area contributed by atoms with Crippen LogP contribution in [0.2, 0.25) is 0 Å². The van der Waals surface area contributed by atoms with Gasteiger partial charge >= 0.3 is 0 Å². The predicted octanol–water partition coefficient (Wildman–Crippen LogP) is 6.28. The molecule has 0 aliphatic carbocycles. The highest BCUT2D eigenvalue weighted by molar-refractivity contribution is 7.17. The van der Waals surface area contributed by atoms with Gasteiger partial charge in [-0.3, -0.25) is 19.7 Å². The third kappa shape index (κ3) is 4.39. The molecule has 6 aromatic heterocycles. The lowest BCUT2D eigenvalue weighted by Crippen LogP contribution is -2.11. The number of aromatic nitrogens is 7. The van der Waals surface area contributed by atoms with E-state index in [4.69, 9.17) is 4.98 Å². The fraction of sp³-hybridized carbons (Fsp3) is 0.0333. The second kappa shape index (κ2) is 10.1.